The number of aryl methyl sites for hydroxylation is 2. The number of aromatic carboxylic acids is 1. The molecule has 0 fully saturated rings. The SMILES string of the molecule is CCN1C(=O)CCc2cc(NC(=O)CCc3ccc(C(=O)O)cc3)ccc21. The van der Waals surface area contributed by atoms with Crippen LogP contribution in [-0.2, 0) is 22.4 Å². The lowest BCUT2D eigenvalue weighted by Gasteiger charge is -2.28. The van der Waals surface area contributed by atoms with Crippen LogP contribution in [0.2, 0.25) is 0 Å². The van der Waals surface area contributed by atoms with Gasteiger partial charge in [-0.15, -0.1) is 0 Å². The fourth-order valence-electron chi connectivity index (χ4n) is 3.28. The van der Waals surface area contributed by atoms with Gasteiger partial charge in [-0.25, -0.2) is 4.79 Å². The van der Waals surface area contributed by atoms with Gasteiger partial charge in [-0.2, -0.15) is 0 Å². The summed E-state index contributed by atoms with van der Waals surface area (Å²) in [5, 5.41) is 11.8. The summed E-state index contributed by atoms with van der Waals surface area (Å²) >= 11 is 0. The topological polar surface area (TPSA) is 86.7 Å². The van der Waals surface area contributed by atoms with Gasteiger partial charge in [-0.1, -0.05) is 12.1 Å². The second-order valence-electron chi connectivity index (χ2n) is 6.53. The summed E-state index contributed by atoms with van der Waals surface area (Å²) in [5.41, 5.74) is 3.86. The monoisotopic (exact) mass is 366 g/mol. The minimum absolute atomic E-state index is 0.100. The number of nitrogens with one attached hydrogen (secondary N) is 1. The standard InChI is InChI=1S/C21H22N2O4/c1-2-23-18-10-9-17(13-16(18)8-12-20(23)25)22-19(24)11-5-14-3-6-15(7-4-14)21(26)27/h3-4,6-7,9-10,13H,2,5,8,11-12H2,1H3,(H,22,24)(H,26,27). The van der Waals surface area contributed by atoms with E-state index in [9.17, 15) is 14.4 Å². The molecule has 0 saturated heterocycles. The first kappa shape index (κ1) is 18.6. The van der Waals surface area contributed by atoms with Crippen LogP contribution < -0.4 is 10.2 Å². The summed E-state index contributed by atoms with van der Waals surface area (Å²) in [5.74, 6) is -0.928. The minimum Gasteiger partial charge on any atom is -0.478 e. The van der Waals surface area contributed by atoms with Crippen LogP contribution in [0.3, 0.4) is 0 Å². The number of hydrogen-bond donors (Lipinski definition) is 2. The maximum atomic E-state index is 12.2. The van der Waals surface area contributed by atoms with Gasteiger partial charge >= 0.3 is 5.97 Å². The molecule has 0 saturated carbocycles. The molecule has 2 amide bonds. The first-order valence-corrected chi connectivity index (χ1v) is 9.03. The van der Waals surface area contributed by atoms with Crippen LogP contribution in [0.15, 0.2) is 42.5 Å². The second kappa shape index (κ2) is 8.03. The average Bonchev–Trinajstić information content (AvgIpc) is 2.66. The van der Waals surface area contributed by atoms with E-state index >= 15 is 0 Å². The number of carbonyl (C=O) groups is 3. The van der Waals surface area contributed by atoms with E-state index in [1.54, 1.807) is 29.2 Å². The number of benzene rings is 2. The molecule has 0 aromatic heterocycles. The quantitative estimate of drug-likeness (QED) is 0.822. The highest BCUT2D eigenvalue weighted by atomic mass is 16.4. The van der Waals surface area contributed by atoms with Gasteiger partial charge < -0.3 is 15.3 Å². The smallest absolute Gasteiger partial charge is 0.335 e. The highest BCUT2D eigenvalue weighted by Gasteiger charge is 2.22. The highest BCUT2D eigenvalue weighted by Crippen LogP contribution is 2.30. The van der Waals surface area contributed by atoms with Crippen LogP contribution in [0.25, 0.3) is 0 Å². The van der Waals surface area contributed by atoms with Crippen molar-refractivity contribution in [3.63, 3.8) is 0 Å². The second-order valence-corrected chi connectivity index (χ2v) is 6.53. The van der Waals surface area contributed by atoms with Crippen molar-refractivity contribution in [3.8, 4) is 0 Å². The number of carboxylic acids is 1. The molecule has 140 valence electrons. The average molecular weight is 366 g/mol. The van der Waals surface area contributed by atoms with Crippen LogP contribution in [-0.4, -0.2) is 29.4 Å². The number of anilines is 2. The summed E-state index contributed by atoms with van der Waals surface area (Å²) in [6.45, 7) is 2.59. The maximum Gasteiger partial charge on any atom is 0.335 e. The van der Waals surface area contributed by atoms with Crippen molar-refractivity contribution in [1.29, 1.82) is 0 Å². The molecule has 1 aliphatic heterocycles. The lowest BCUT2D eigenvalue weighted by Crippen LogP contribution is -2.34. The van der Waals surface area contributed by atoms with Gasteiger partial charge in [0, 0.05) is 30.8 Å². The highest BCUT2D eigenvalue weighted by molar-refractivity contribution is 5.97. The van der Waals surface area contributed by atoms with Crippen LogP contribution in [0.5, 0.6) is 0 Å². The third-order valence-electron chi connectivity index (χ3n) is 4.72. The number of nitrogens with zero attached hydrogens (tertiary/aromatic N) is 1. The predicted molar refractivity (Wildman–Crippen MR) is 103 cm³/mol. The number of fused-ring (bicyclic) bond motifs is 1. The van der Waals surface area contributed by atoms with Crippen LogP contribution in [0.1, 0.15) is 41.3 Å². The molecule has 1 aliphatic rings. The molecule has 3 rings (SSSR count). The van der Waals surface area contributed by atoms with E-state index in [0.29, 0.717) is 32.2 Å². The lowest BCUT2D eigenvalue weighted by atomic mass is 10.0. The van der Waals surface area contributed by atoms with Crippen molar-refractivity contribution in [2.24, 2.45) is 0 Å². The summed E-state index contributed by atoms with van der Waals surface area (Å²) < 4.78 is 0. The van der Waals surface area contributed by atoms with Crippen LogP contribution >= 0.6 is 0 Å². The van der Waals surface area contributed by atoms with Crippen molar-refractivity contribution in [1.82, 2.24) is 0 Å². The zero-order chi connectivity index (χ0) is 19.4. The van der Waals surface area contributed by atoms with E-state index < -0.39 is 5.97 Å². The molecule has 1 heterocycles. The van der Waals surface area contributed by atoms with Crippen molar-refractivity contribution in [2.45, 2.75) is 32.6 Å². The Hall–Kier alpha value is -3.15. The van der Waals surface area contributed by atoms with E-state index in [0.717, 1.165) is 22.5 Å². The number of hydrogen-bond acceptors (Lipinski definition) is 3. The van der Waals surface area contributed by atoms with Crippen molar-refractivity contribution in [2.75, 3.05) is 16.8 Å². The minimum atomic E-state index is -0.963. The normalized spacial score (nSPS) is 13.2. The first-order chi connectivity index (χ1) is 13.0. The Morgan fingerprint density at radius 3 is 2.52 bits per heavy atom. The van der Waals surface area contributed by atoms with Gasteiger partial charge in [0.15, 0.2) is 0 Å². The van der Waals surface area contributed by atoms with Crippen molar-refractivity contribution >= 4 is 29.2 Å². The molecule has 0 spiro atoms. The summed E-state index contributed by atoms with van der Waals surface area (Å²) in [4.78, 5) is 36.8. The summed E-state index contributed by atoms with van der Waals surface area (Å²) in [7, 11) is 0. The third kappa shape index (κ3) is 4.34. The maximum absolute atomic E-state index is 12.2. The largest absolute Gasteiger partial charge is 0.478 e. The molecule has 0 radical (unpaired) electrons. The Morgan fingerprint density at radius 1 is 1.11 bits per heavy atom. The van der Waals surface area contributed by atoms with E-state index in [1.807, 2.05) is 25.1 Å². The Kier molecular flexibility index (Phi) is 5.54. The molecule has 0 unspecified atom stereocenters. The zero-order valence-electron chi connectivity index (χ0n) is 15.2. The fraction of sp³-hybridized carbons (Fsp3) is 0.286. The van der Waals surface area contributed by atoms with Crippen LogP contribution in [0, 0.1) is 0 Å². The van der Waals surface area contributed by atoms with Gasteiger partial charge in [-0.05, 0) is 61.2 Å². The zero-order valence-corrected chi connectivity index (χ0v) is 15.2. The Balaban J connectivity index is 1.59. The van der Waals surface area contributed by atoms with Gasteiger partial charge in [0.1, 0.15) is 0 Å². The van der Waals surface area contributed by atoms with Gasteiger partial charge in [0.05, 0.1) is 5.56 Å². The third-order valence-corrected chi connectivity index (χ3v) is 4.72. The first-order valence-electron chi connectivity index (χ1n) is 9.03. The Morgan fingerprint density at radius 2 is 1.85 bits per heavy atom. The van der Waals surface area contributed by atoms with Gasteiger partial charge in [-0.3, -0.25) is 9.59 Å². The molecule has 6 nitrogen and oxygen atoms in total. The Bertz CT molecular complexity index is 874. The molecule has 2 N–H and O–H groups in total. The van der Waals surface area contributed by atoms with E-state index in [2.05, 4.69) is 5.32 Å². The molecule has 0 aliphatic carbocycles. The lowest BCUT2D eigenvalue weighted by molar-refractivity contribution is -0.119. The molecule has 6 heteroatoms. The summed E-state index contributed by atoms with van der Waals surface area (Å²) in [6.07, 6.45) is 2.02. The summed E-state index contributed by atoms with van der Waals surface area (Å²) in [6, 6.07) is 12.2. The van der Waals surface area contributed by atoms with Gasteiger partial charge in [0.2, 0.25) is 11.8 Å². The Labute approximate surface area is 157 Å². The molecule has 0 bridgehead atoms. The molecule has 27 heavy (non-hydrogen) atoms. The van der Waals surface area contributed by atoms with E-state index in [4.69, 9.17) is 5.11 Å². The molecule has 2 aromatic carbocycles. The molecular formula is C21H22N2O4. The molecular weight excluding hydrogens is 344 g/mol. The van der Waals surface area contributed by atoms with E-state index in [1.165, 1.54) is 0 Å². The predicted octanol–water partition coefficient (Wildman–Crippen LogP) is 3.26. The fourth-order valence-corrected chi connectivity index (χ4v) is 3.28. The number of carbonyl (C=O) groups excluding carboxylic acids is 2. The molecule has 0 atom stereocenters. The van der Waals surface area contributed by atoms with Crippen molar-refractivity contribution in [3.05, 3.63) is 59.2 Å². The van der Waals surface area contributed by atoms with Crippen molar-refractivity contribution < 1.29 is 19.5 Å². The van der Waals surface area contributed by atoms with Crippen LogP contribution in [0.4, 0.5) is 11.4 Å². The number of rotatable bonds is 6. The van der Waals surface area contributed by atoms with E-state index in [-0.39, 0.29) is 17.4 Å². The van der Waals surface area contributed by atoms with Gasteiger partial charge in [0.25, 0.3) is 0 Å². The number of amides is 2. The number of carboxylic acid groups (broad SMARTS) is 1. The molecule has 2 aromatic rings.